The van der Waals surface area contributed by atoms with E-state index in [0.29, 0.717) is 28.5 Å². The number of rotatable bonds is 6. The van der Waals surface area contributed by atoms with Crippen LogP contribution in [0.3, 0.4) is 0 Å². The second kappa shape index (κ2) is 7.22. The molecule has 1 aromatic carbocycles. The van der Waals surface area contributed by atoms with Crippen LogP contribution < -0.4 is 5.32 Å². The van der Waals surface area contributed by atoms with Gasteiger partial charge in [0.25, 0.3) is 0 Å². The minimum Gasteiger partial charge on any atom is -0.506 e. The van der Waals surface area contributed by atoms with Crippen molar-refractivity contribution in [2.75, 3.05) is 0 Å². The summed E-state index contributed by atoms with van der Waals surface area (Å²) in [6, 6.07) is 3.69. The number of hydrogen-bond acceptors (Lipinski definition) is 2. The largest absolute Gasteiger partial charge is 0.506 e. The summed E-state index contributed by atoms with van der Waals surface area (Å²) in [6.45, 7) is 7.16. The number of hydrogen-bond donors (Lipinski definition) is 2. The fraction of sp³-hybridized carbons (Fsp3) is 0.571. The first-order valence-corrected chi connectivity index (χ1v) is 7.09. The van der Waals surface area contributed by atoms with E-state index in [1.54, 1.807) is 12.1 Å². The van der Waals surface area contributed by atoms with Crippen molar-refractivity contribution < 1.29 is 5.11 Å². The van der Waals surface area contributed by atoms with Gasteiger partial charge in [0.2, 0.25) is 0 Å². The molecule has 0 saturated carbocycles. The van der Waals surface area contributed by atoms with Crippen LogP contribution in [0.1, 0.15) is 39.2 Å². The van der Waals surface area contributed by atoms with Crippen molar-refractivity contribution in [1.82, 2.24) is 5.32 Å². The van der Waals surface area contributed by atoms with Crippen molar-refractivity contribution in [3.63, 3.8) is 0 Å². The average molecular weight is 290 g/mol. The Morgan fingerprint density at radius 3 is 2.56 bits per heavy atom. The van der Waals surface area contributed by atoms with Crippen molar-refractivity contribution in [2.24, 2.45) is 5.92 Å². The first-order valence-electron chi connectivity index (χ1n) is 6.34. The second-order valence-electron chi connectivity index (χ2n) is 4.93. The monoisotopic (exact) mass is 289 g/mol. The first kappa shape index (κ1) is 15.6. The maximum Gasteiger partial charge on any atom is 0.138 e. The van der Waals surface area contributed by atoms with E-state index in [9.17, 15) is 5.11 Å². The van der Waals surface area contributed by atoms with Gasteiger partial charge in [-0.1, -0.05) is 43.5 Å². The first-order chi connectivity index (χ1) is 8.43. The summed E-state index contributed by atoms with van der Waals surface area (Å²) in [6.07, 6.45) is 2.30. The summed E-state index contributed by atoms with van der Waals surface area (Å²) in [5.41, 5.74) is 0.739. The third kappa shape index (κ3) is 4.68. The topological polar surface area (TPSA) is 32.3 Å². The van der Waals surface area contributed by atoms with Gasteiger partial charge in [0.1, 0.15) is 5.75 Å². The fourth-order valence-electron chi connectivity index (χ4n) is 1.89. The summed E-state index contributed by atoms with van der Waals surface area (Å²) < 4.78 is 0. The van der Waals surface area contributed by atoms with E-state index in [2.05, 4.69) is 26.1 Å². The van der Waals surface area contributed by atoms with E-state index in [4.69, 9.17) is 23.2 Å². The van der Waals surface area contributed by atoms with Crippen molar-refractivity contribution in [3.05, 3.63) is 27.7 Å². The molecule has 18 heavy (non-hydrogen) atoms. The van der Waals surface area contributed by atoms with Gasteiger partial charge in [-0.05, 0) is 31.4 Å². The van der Waals surface area contributed by atoms with Crippen molar-refractivity contribution >= 4 is 23.2 Å². The highest BCUT2D eigenvalue weighted by molar-refractivity contribution is 6.35. The van der Waals surface area contributed by atoms with Crippen LogP contribution in [-0.2, 0) is 6.54 Å². The third-order valence-corrected chi connectivity index (χ3v) is 3.71. The molecule has 0 amide bonds. The SMILES string of the molecule is CCC(C)CC(C)NCc1cc(Cl)cc(Cl)c1O. The molecule has 2 unspecified atom stereocenters. The van der Waals surface area contributed by atoms with Crippen molar-refractivity contribution in [1.29, 1.82) is 0 Å². The van der Waals surface area contributed by atoms with E-state index in [1.807, 2.05) is 0 Å². The molecule has 0 fully saturated rings. The van der Waals surface area contributed by atoms with Gasteiger partial charge in [-0.2, -0.15) is 0 Å². The molecule has 0 saturated heterocycles. The van der Waals surface area contributed by atoms with E-state index in [0.717, 1.165) is 12.0 Å². The van der Waals surface area contributed by atoms with Gasteiger partial charge in [-0.25, -0.2) is 0 Å². The normalized spacial score (nSPS) is 14.5. The van der Waals surface area contributed by atoms with Gasteiger partial charge in [0.15, 0.2) is 0 Å². The molecular weight excluding hydrogens is 269 g/mol. The predicted octanol–water partition coefficient (Wildman–Crippen LogP) is 4.61. The predicted molar refractivity (Wildman–Crippen MR) is 78.5 cm³/mol. The Bertz CT molecular complexity index is 396. The Hall–Kier alpha value is -0.440. The maximum atomic E-state index is 9.83. The third-order valence-electron chi connectivity index (χ3n) is 3.20. The number of phenols is 1. The van der Waals surface area contributed by atoms with Crippen LogP contribution in [0.15, 0.2) is 12.1 Å². The highest BCUT2D eigenvalue weighted by atomic mass is 35.5. The summed E-state index contributed by atoms with van der Waals surface area (Å²) in [4.78, 5) is 0. The van der Waals surface area contributed by atoms with Gasteiger partial charge >= 0.3 is 0 Å². The molecule has 1 aromatic rings. The number of phenolic OH excluding ortho intramolecular Hbond substituents is 1. The Balaban J connectivity index is 2.58. The van der Waals surface area contributed by atoms with Gasteiger partial charge in [-0.15, -0.1) is 0 Å². The van der Waals surface area contributed by atoms with Crippen LogP contribution >= 0.6 is 23.2 Å². The van der Waals surface area contributed by atoms with Gasteiger partial charge in [-0.3, -0.25) is 0 Å². The standard InChI is InChI=1S/C14H21Cl2NO/c1-4-9(2)5-10(3)17-8-11-6-12(15)7-13(16)14(11)18/h6-7,9-10,17-18H,4-5,8H2,1-3H3. The average Bonchev–Trinajstić information content (AvgIpc) is 2.31. The minimum atomic E-state index is 0.115. The molecule has 0 heterocycles. The van der Waals surface area contributed by atoms with E-state index in [1.165, 1.54) is 6.42 Å². The number of nitrogens with one attached hydrogen (secondary N) is 1. The van der Waals surface area contributed by atoms with Crippen LogP contribution in [0.2, 0.25) is 10.0 Å². The molecule has 0 aromatic heterocycles. The summed E-state index contributed by atoms with van der Waals surface area (Å²) >= 11 is 11.8. The molecule has 102 valence electrons. The molecule has 0 spiro atoms. The molecule has 0 aliphatic heterocycles. The van der Waals surface area contributed by atoms with Crippen molar-refractivity contribution in [2.45, 2.75) is 46.2 Å². The molecule has 0 radical (unpaired) electrons. The van der Waals surface area contributed by atoms with E-state index in [-0.39, 0.29) is 5.75 Å². The van der Waals surface area contributed by atoms with Crippen LogP contribution in [0.5, 0.6) is 5.75 Å². The molecular formula is C14H21Cl2NO. The summed E-state index contributed by atoms with van der Waals surface area (Å²) in [7, 11) is 0. The van der Waals surface area contributed by atoms with Gasteiger partial charge < -0.3 is 10.4 Å². The Kier molecular flexibility index (Phi) is 6.27. The molecule has 2 N–H and O–H groups in total. The summed E-state index contributed by atoms with van der Waals surface area (Å²) in [5, 5.41) is 14.1. The van der Waals surface area contributed by atoms with Gasteiger partial charge in [0, 0.05) is 23.2 Å². The quantitative estimate of drug-likeness (QED) is 0.801. The van der Waals surface area contributed by atoms with E-state index >= 15 is 0 Å². The molecule has 2 atom stereocenters. The zero-order valence-corrected chi connectivity index (χ0v) is 12.6. The summed E-state index contributed by atoms with van der Waals surface area (Å²) in [5.74, 6) is 0.813. The zero-order chi connectivity index (χ0) is 13.7. The minimum absolute atomic E-state index is 0.115. The van der Waals surface area contributed by atoms with Crippen LogP contribution in [0.25, 0.3) is 0 Å². The Morgan fingerprint density at radius 1 is 1.28 bits per heavy atom. The molecule has 2 nitrogen and oxygen atoms in total. The zero-order valence-electron chi connectivity index (χ0n) is 11.1. The van der Waals surface area contributed by atoms with E-state index < -0.39 is 0 Å². The smallest absolute Gasteiger partial charge is 0.138 e. The van der Waals surface area contributed by atoms with Crippen LogP contribution in [-0.4, -0.2) is 11.1 Å². The highest BCUT2D eigenvalue weighted by Crippen LogP contribution is 2.31. The molecule has 0 bridgehead atoms. The van der Waals surface area contributed by atoms with Crippen LogP contribution in [0.4, 0.5) is 0 Å². The van der Waals surface area contributed by atoms with Crippen LogP contribution in [0, 0.1) is 5.92 Å². The lowest BCUT2D eigenvalue weighted by Gasteiger charge is -2.18. The lowest BCUT2D eigenvalue weighted by Crippen LogP contribution is -2.27. The van der Waals surface area contributed by atoms with Gasteiger partial charge in [0.05, 0.1) is 5.02 Å². The maximum absolute atomic E-state index is 9.83. The Morgan fingerprint density at radius 2 is 1.94 bits per heavy atom. The molecule has 0 aliphatic rings. The number of benzene rings is 1. The molecule has 1 rings (SSSR count). The fourth-order valence-corrected chi connectivity index (χ4v) is 2.43. The molecule has 4 heteroatoms. The number of aromatic hydroxyl groups is 1. The number of halogens is 2. The Labute approximate surface area is 119 Å². The highest BCUT2D eigenvalue weighted by Gasteiger charge is 2.10. The van der Waals surface area contributed by atoms with Crippen molar-refractivity contribution in [3.8, 4) is 5.75 Å². The molecule has 0 aliphatic carbocycles. The second-order valence-corrected chi connectivity index (χ2v) is 5.77. The lowest BCUT2D eigenvalue weighted by atomic mass is 10.0. The lowest BCUT2D eigenvalue weighted by molar-refractivity contribution is 0.406.